The van der Waals surface area contributed by atoms with Crippen LogP contribution in [0.15, 0.2) is 23.2 Å². The zero-order chi connectivity index (χ0) is 22.8. The zero-order valence-corrected chi connectivity index (χ0v) is 23.1. The lowest BCUT2D eigenvalue weighted by atomic mass is 9.92. The molecule has 0 bridgehead atoms. The van der Waals surface area contributed by atoms with Crippen molar-refractivity contribution in [2.24, 2.45) is 10.9 Å². The molecule has 7 nitrogen and oxygen atoms in total. The molecule has 33 heavy (non-hydrogen) atoms. The second-order valence-electron chi connectivity index (χ2n) is 8.81. The fraction of sp³-hybridized carbons (Fsp3) is 0.720. The van der Waals surface area contributed by atoms with Crippen LogP contribution in [0, 0.1) is 12.8 Å². The van der Waals surface area contributed by atoms with Crippen LogP contribution in [0.3, 0.4) is 0 Å². The molecule has 2 fully saturated rings. The predicted molar refractivity (Wildman–Crippen MR) is 145 cm³/mol. The monoisotopic (exact) mass is 574 g/mol. The van der Waals surface area contributed by atoms with Gasteiger partial charge in [-0.25, -0.2) is 0 Å². The van der Waals surface area contributed by atoms with Crippen LogP contribution in [-0.4, -0.2) is 76.1 Å². The highest BCUT2D eigenvalue weighted by Crippen LogP contribution is 2.24. The Balaban J connectivity index is 0.00000385. The molecule has 188 valence electrons. The average molecular weight is 575 g/mol. The topological polar surface area (TPSA) is 67.4 Å². The molecule has 1 aromatic carbocycles. The van der Waals surface area contributed by atoms with Gasteiger partial charge in [-0.05, 0) is 24.5 Å². The number of nitrogens with one attached hydrogen (secondary N) is 2. The van der Waals surface area contributed by atoms with Crippen molar-refractivity contribution in [1.82, 2.24) is 15.5 Å². The Hall–Kier alpha value is -1.10. The molecule has 2 heterocycles. The molecule has 2 aliphatic heterocycles. The van der Waals surface area contributed by atoms with Crippen LogP contribution in [0.4, 0.5) is 0 Å². The van der Waals surface area contributed by atoms with Crippen LogP contribution in [-0.2, 0) is 16.0 Å². The number of nitrogens with zero attached hydrogens (tertiary/aromatic N) is 2. The van der Waals surface area contributed by atoms with E-state index in [1.807, 2.05) is 7.05 Å². The van der Waals surface area contributed by atoms with Crippen LogP contribution in [0.25, 0.3) is 0 Å². The van der Waals surface area contributed by atoms with Crippen molar-refractivity contribution < 1.29 is 14.2 Å². The van der Waals surface area contributed by atoms with Crippen molar-refractivity contribution in [2.75, 3.05) is 53.1 Å². The van der Waals surface area contributed by atoms with Gasteiger partial charge in [0, 0.05) is 51.3 Å². The lowest BCUT2D eigenvalue weighted by molar-refractivity contribution is 0.00272. The number of morpholine rings is 1. The Kier molecular flexibility index (Phi) is 12.8. The number of benzene rings is 1. The first-order valence-corrected chi connectivity index (χ1v) is 12.2. The first-order valence-electron chi connectivity index (χ1n) is 12.2. The van der Waals surface area contributed by atoms with Crippen molar-refractivity contribution in [3.63, 3.8) is 0 Å². The maximum Gasteiger partial charge on any atom is 0.191 e. The van der Waals surface area contributed by atoms with E-state index in [9.17, 15) is 0 Å². The maximum absolute atomic E-state index is 6.25. The van der Waals surface area contributed by atoms with Gasteiger partial charge in [-0.15, -0.1) is 24.0 Å². The van der Waals surface area contributed by atoms with Gasteiger partial charge in [0.2, 0.25) is 0 Å². The van der Waals surface area contributed by atoms with Crippen molar-refractivity contribution >= 4 is 29.9 Å². The van der Waals surface area contributed by atoms with Gasteiger partial charge >= 0.3 is 0 Å². The third-order valence-corrected chi connectivity index (χ3v) is 6.66. The van der Waals surface area contributed by atoms with Crippen molar-refractivity contribution in [1.29, 1.82) is 0 Å². The number of ether oxygens (including phenoxy) is 3. The summed E-state index contributed by atoms with van der Waals surface area (Å²) in [6, 6.07) is 6.87. The fourth-order valence-electron chi connectivity index (χ4n) is 4.64. The second kappa shape index (κ2) is 15.0. The highest BCUT2D eigenvalue weighted by molar-refractivity contribution is 14.0. The average Bonchev–Trinajstić information content (AvgIpc) is 3.33. The molecule has 0 radical (unpaired) electrons. The second-order valence-corrected chi connectivity index (χ2v) is 8.81. The standard InChI is InChI=1S/C25H42N4O3.HI/c1-5-20(6-2)23(29-10-13-30-14-11-29)17-28-25(26-4)27-16-21-8-7-19(3)15-24(21)32-22-9-12-31-18-22;/h7-8,15,20,22-23H,5-6,9-14,16-18H2,1-4H3,(H2,26,27,28);1H. The minimum absolute atomic E-state index is 0. The minimum Gasteiger partial charge on any atom is -0.488 e. The number of hydrogen-bond acceptors (Lipinski definition) is 5. The summed E-state index contributed by atoms with van der Waals surface area (Å²) < 4.78 is 17.3. The van der Waals surface area contributed by atoms with Crippen LogP contribution in [0.5, 0.6) is 5.75 Å². The third kappa shape index (κ3) is 8.56. The number of hydrogen-bond donors (Lipinski definition) is 2. The Morgan fingerprint density at radius 3 is 2.55 bits per heavy atom. The summed E-state index contributed by atoms with van der Waals surface area (Å²) >= 11 is 0. The molecule has 0 spiro atoms. The zero-order valence-electron chi connectivity index (χ0n) is 20.8. The third-order valence-electron chi connectivity index (χ3n) is 6.66. The van der Waals surface area contributed by atoms with Gasteiger partial charge in [-0.3, -0.25) is 9.89 Å². The number of aryl methyl sites for hydroxylation is 1. The van der Waals surface area contributed by atoms with Crippen molar-refractivity contribution in [3.05, 3.63) is 29.3 Å². The fourth-order valence-corrected chi connectivity index (χ4v) is 4.64. The normalized spacial score (nSPS) is 20.4. The Bertz CT molecular complexity index is 718. The molecule has 0 amide bonds. The summed E-state index contributed by atoms with van der Waals surface area (Å²) in [5, 5.41) is 7.07. The summed E-state index contributed by atoms with van der Waals surface area (Å²) in [5.74, 6) is 2.42. The van der Waals surface area contributed by atoms with E-state index in [1.54, 1.807) is 0 Å². The minimum atomic E-state index is 0. The van der Waals surface area contributed by atoms with E-state index in [1.165, 1.54) is 18.4 Å². The molecule has 2 saturated heterocycles. The van der Waals surface area contributed by atoms with E-state index in [4.69, 9.17) is 14.2 Å². The van der Waals surface area contributed by atoms with E-state index in [-0.39, 0.29) is 30.1 Å². The van der Waals surface area contributed by atoms with E-state index >= 15 is 0 Å². The molecule has 2 aliphatic rings. The van der Waals surface area contributed by atoms with E-state index in [2.05, 4.69) is 59.5 Å². The molecular weight excluding hydrogens is 531 g/mol. The summed E-state index contributed by atoms with van der Waals surface area (Å²) in [4.78, 5) is 7.05. The molecule has 0 aromatic heterocycles. The molecule has 8 heteroatoms. The Morgan fingerprint density at radius 2 is 1.91 bits per heavy atom. The SMILES string of the molecule is CCC(CC)C(CNC(=NC)NCc1ccc(C)cc1OC1CCOC1)N1CCOCC1.I. The Morgan fingerprint density at radius 1 is 1.15 bits per heavy atom. The summed E-state index contributed by atoms with van der Waals surface area (Å²) in [6.07, 6.45) is 3.45. The van der Waals surface area contributed by atoms with Gasteiger partial charge in [-0.2, -0.15) is 0 Å². The first kappa shape index (κ1) is 28.1. The predicted octanol–water partition coefficient (Wildman–Crippen LogP) is 3.58. The quantitative estimate of drug-likeness (QED) is 0.253. The van der Waals surface area contributed by atoms with Gasteiger partial charge in [-0.1, -0.05) is 38.8 Å². The lowest BCUT2D eigenvalue weighted by Gasteiger charge is -2.39. The number of halogens is 1. The highest BCUT2D eigenvalue weighted by Gasteiger charge is 2.27. The number of rotatable bonds is 10. The molecule has 3 rings (SSSR count). The molecule has 0 saturated carbocycles. The lowest BCUT2D eigenvalue weighted by Crippen LogP contribution is -2.53. The van der Waals surface area contributed by atoms with Gasteiger partial charge in [0.1, 0.15) is 11.9 Å². The van der Waals surface area contributed by atoms with E-state index < -0.39 is 0 Å². The van der Waals surface area contributed by atoms with Crippen LogP contribution < -0.4 is 15.4 Å². The summed E-state index contributed by atoms with van der Waals surface area (Å²) in [7, 11) is 1.83. The van der Waals surface area contributed by atoms with Gasteiger partial charge in [0.25, 0.3) is 0 Å². The molecular formula is C25H43IN4O3. The largest absolute Gasteiger partial charge is 0.488 e. The Labute approximate surface area is 217 Å². The van der Waals surface area contributed by atoms with Gasteiger partial charge < -0.3 is 24.8 Å². The maximum atomic E-state index is 6.25. The van der Waals surface area contributed by atoms with Crippen molar-refractivity contribution in [3.8, 4) is 5.75 Å². The number of aliphatic imine (C=N–C) groups is 1. The molecule has 2 atom stereocenters. The molecule has 0 aliphatic carbocycles. The highest BCUT2D eigenvalue weighted by atomic mass is 127. The van der Waals surface area contributed by atoms with Crippen LogP contribution in [0.2, 0.25) is 0 Å². The molecule has 1 aromatic rings. The summed E-state index contributed by atoms with van der Waals surface area (Å²) in [6.45, 7) is 13.3. The van der Waals surface area contributed by atoms with E-state index in [0.717, 1.165) is 63.1 Å². The molecule has 2 unspecified atom stereocenters. The van der Waals surface area contributed by atoms with Gasteiger partial charge in [0.15, 0.2) is 5.96 Å². The smallest absolute Gasteiger partial charge is 0.191 e. The van der Waals surface area contributed by atoms with Crippen LogP contribution >= 0.6 is 24.0 Å². The van der Waals surface area contributed by atoms with Crippen molar-refractivity contribution in [2.45, 2.75) is 58.7 Å². The van der Waals surface area contributed by atoms with Crippen LogP contribution in [0.1, 0.15) is 44.2 Å². The first-order chi connectivity index (χ1) is 15.6. The summed E-state index contributed by atoms with van der Waals surface area (Å²) in [5.41, 5.74) is 2.33. The van der Waals surface area contributed by atoms with E-state index in [0.29, 0.717) is 25.1 Å². The number of guanidine groups is 1. The van der Waals surface area contributed by atoms with Gasteiger partial charge in [0.05, 0.1) is 26.4 Å². The molecule has 2 N–H and O–H groups in total.